The van der Waals surface area contributed by atoms with Crippen molar-refractivity contribution in [2.45, 2.75) is 71.3 Å². The molecule has 0 atom stereocenters. The van der Waals surface area contributed by atoms with Gasteiger partial charge in [-0.3, -0.25) is 14.4 Å². The van der Waals surface area contributed by atoms with Crippen LogP contribution in [-0.2, 0) is 16.2 Å². The molecule has 0 fully saturated rings. The smallest absolute Gasteiger partial charge is 0.277 e. The molecule has 2 N–H and O–H groups in total. The lowest BCUT2D eigenvalue weighted by Gasteiger charge is -2.22. The number of benzene rings is 2. The molecule has 33 heavy (non-hydrogen) atoms. The number of nitrogens with zero attached hydrogens (tertiary/aromatic N) is 1. The average Bonchev–Trinajstić information content (AvgIpc) is 2.83. The van der Waals surface area contributed by atoms with Crippen LogP contribution < -0.4 is 5.73 Å². The van der Waals surface area contributed by atoms with E-state index in [4.69, 9.17) is 10.6 Å². The molecule has 0 aliphatic rings. The van der Waals surface area contributed by atoms with Gasteiger partial charge in [0.2, 0.25) is 5.91 Å². The molecule has 0 radical (unpaired) electrons. The summed E-state index contributed by atoms with van der Waals surface area (Å²) in [6.07, 6.45) is 13.8. The molecule has 0 unspecified atom stereocenters. The van der Waals surface area contributed by atoms with Crippen molar-refractivity contribution >= 4 is 17.9 Å². The second-order valence-corrected chi connectivity index (χ2v) is 8.32. The molecule has 0 aromatic heterocycles. The third-order valence-corrected chi connectivity index (χ3v) is 5.43. The first-order chi connectivity index (χ1) is 16.1. The van der Waals surface area contributed by atoms with Gasteiger partial charge in [0.05, 0.1) is 0 Å². The van der Waals surface area contributed by atoms with Crippen LogP contribution in [0.2, 0.25) is 0 Å². The fourth-order valence-corrected chi connectivity index (χ4v) is 3.49. The second kappa shape index (κ2) is 15.8. The van der Waals surface area contributed by atoms with Gasteiger partial charge in [0.25, 0.3) is 5.91 Å². The van der Waals surface area contributed by atoms with Crippen molar-refractivity contribution < 1.29 is 14.4 Å². The fourth-order valence-electron chi connectivity index (χ4n) is 3.49. The summed E-state index contributed by atoms with van der Waals surface area (Å²) in [5.74, 6) is -0.611. The number of nitrogens with two attached hydrogens (primary N) is 1. The minimum atomic E-state index is -0.387. The number of hydrogen-bond acceptors (Lipinski definition) is 3. The zero-order valence-electron chi connectivity index (χ0n) is 19.9. The van der Waals surface area contributed by atoms with E-state index >= 15 is 0 Å². The highest BCUT2D eigenvalue weighted by molar-refractivity contribution is 5.93. The van der Waals surface area contributed by atoms with Gasteiger partial charge in [-0.1, -0.05) is 93.6 Å². The first-order valence-electron chi connectivity index (χ1n) is 12.1. The number of hydroxylamine groups is 2. The first kappa shape index (κ1) is 26.3. The van der Waals surface area contributed by atoms with E-state index in [-0.39, 0.29) is 24.8 Å². The van der Waals surface area contributed by atoms with Crippen molar-refractivity contribution in [3.63, 3.8) is 0 Å². The van der Waals surface area contributed by atoms with E-state index in [9.17, 15) is 9.59 Å². The van der Waals surface area contributed by atoms with E-state index in [1.807, 2.05) is 54.6 Å². The van der Waals surface area contributed by atoms with Crippen LogP contribution in [0.15, 0.2) is 60.7 Å². The lowest BCUT2D eigenvalue weighted by molar-refractivity contribution is -0.135. The zero-order valence-corrected chi connectivity index (χ0v) is 19.9. The van der Waals surface area contributed by atoms with Gasteiger partial charge in [-0.15, -0.1) is 0 Å². The van der Waals surface area contributed by atoms with E-state index in [1.54, 1.807) is 0 Å². The van der Waals surface area contributed by atoms with Gasteiger partial charge in [-0.2, -0.15) is 0 Å². The molecule has 0 spiro atoms. The van der Waals surface area contributed by atoms with E-state index < -0.39 is 0 Å². The van der Waals surface area contributed by atoms with Gasteiger partial charge >= 0.3 is 0 Å². The van der Waals surface area contributed by atoms with Crippen molar-refractivity contribution in [2.75, 3.05) is 6.54 Å². The standard InChI is InChI=1S/C28H38N2O3/c1-2-3-4-5-6-7-8-10-14-24-18-20-26(21-19-24)28(32)30(22-13-17-27(29)31)33-23-25-15-11-9-12-16-25/h9-12,14-16,18-21H,2-8,13,17,22-23H2,1H3,(H2,29,31)/b14-10+. The summed E-state index contributed by atoms with van der Waals surface area (Å²) in [4.78, 5) is 29.9. The molecule has 0 bridgehead atoms. The van der Waals surface area contributed by atoms with Crippen LogP contribution in [0.4, 0.5) is 0 Å². The number of unbranched alkanes of at least 4 members (excludes halogenated alkanes) is 6. The third-order valence-electron chi connectivity index (χ3n) is 5.43. The molecule has 0 saturated heterocycles. The Labute approximate surface area is 198 Å². The van der Waals surface area contributed by atoms with Gasteiger partial charge in [0, 0.05) is 18.5 Å². The molecule has 0 aliphatic heterocycles. The van der Waals surface area contributed by atoms with Gasteiger partial charge in [-0.05, 0) is 42.5 Å². The van der Waals surface area contributed by atoms with E-state index in [2.05, 4.69) is 19.1 Å². The Morgan fingerprint density at radius 3 is 2.30 bits per heavy atom. The Hall–Kier alpha value is -2.92. The second-order valence-electron chi connectivity index (χ2n) is 8.32. The Bertz CT molecular complexity index is 847. The molecule has 0 aliphatic carbocycles. The Balaban J connectivity index is 1.88. The summed E-state index contributed by atoms with van der Waals surface area (Å²) in [6, 6.07) is 17.2. The predicted molar refractivity (Wildman–Crippen MR) is 134 cm³/mol. The van der Waals surface area contributed by atoms with E-state index in [0.717, 1.165) is 17.5 Å². The van der Waals surface area contributed by atoms with Crippen molar-refractivity contribution in [3.8, 4) is 0 Å². The van der Waals surface area contributed by atoms with Crippen molar-refractivity contribution in [1.29, 1.82) is 0 Å². The molecule has 0 saturated carbocycles. The van der Waals surface area contributed by atoms with Crippen LogP contribution in [0.3, 0.4) is 0 Å². The third kappa shape index (κ3) is 11.0. The molecule has 178 valence electrons. The molecule has 2 rings (SSSR count). The van der Waals surface area contributed by atoms with E-state index in [0.29, 0.717) is 18.5 Å². The number of carbonyl (C=O) groups excluding carboxylic acids is 2. The van der Waals surface area contributed by atoms with Crippen LogP contribution in [0, 0.1) is 0 Å². The van der Waals surface area contributed by atoms with Gasteiger partial charge in [-0.25, -0.2) is 5.06 Å². The maximum atomic E-state index is 13.0. The lowest BCUT2D eigenvalue weighted by Crippen LogP contribution is -2.32. The maximum absolute atomic E-state index is 13.0. The zero-order chi connectivity index (χ0) is 23.7. The number of carbonyl (C=O) groups is 2. The van der Waals surface area contributed by atoms with Crippen LogP contribution in [0.1, 0.15) is 86.2 Å². The monoisotopic (exact) mass is 450 g/mol. The first-order valence-corrected chi connectivity index (χ1v) is 12.1. The SMILES string of the molecule is CCCCCCCC/C=C/c1ccc(C(=O)N(CCCC(N)=O)OCc2ccccc2)cc1. The van der Waals surface area contributed by atoms with Crippen LogP contribution in [0.5, 0.6) is 0 Å². The average molecular weight is 451 g/mol. The summed E-state index contributed by atoms with van der Waals surface area (Å²) in [6.45, 7) is 2.82. The topological polar surface area (TPSA) is 72.6 Å². The number of rotatable bonds is 16. The summed E-state index contributed by atoms with van der Waals surface area (Å²) < 4.78 is 0. The molecule has 0 heterocycles. The minimum absolute atomic E-state index is 0.209. The van der Waals surface area contributed by atoms with Crippen LogP contribution in [-0.4, -0.2) is 23.4 Å². The highest BCUT2D eigenvalue weighted by Crippen LogP contribution is 2.13. The molecular weight excluding hydrogens is 412 g/mol. The van der Waals surface area contributed by atoms with Crippen molar-refractivity contribution in [1.82, 2.24) is 5.06 Å². The van der Waals surface area contributed by atoms with Crippen LogP contribution in [0.25, 0.3) is 6.08 Å². The summed E-state index contributed by atoms with van der Waals surface area (Å²) >= 11 is 0. The van der Waals surface area contributed by atoms with E-state index in [1.165, 1.54) is 43.6 Å². The normalized spacial score (nSPS) is 11.1. The Kier molecular flexibility index (Phi) is 12.6. The van der Waals surface area contributed by atoms with Gasteiger partial charge in [0.1, 0.15) is 6.61 Å². The Morgan fingerprint density at radius 1 is 0.909 bits per heavy atom. The van der Waals surface area contributed by atoms with Crippen molar-refractivity contribution in [2.24, 2.45) is 5.73 Å². The molecule has 2 amide bonds. The number of amides is 2. The predicted octanol–water partition coefficient (Wildman–Crippen LogP) is 6.29. The highest BCUT2D eigenvalue weighted by atomic mass is 16.7. The molecule has 2 aromatic carbocycles. The largest absolute Gasteiger partial charge is 0.370 e. The molecule has 2 aromatic rings. The van der Waals surface area contributed by atoms with Crippen molar-refractivity contribution in [3.05, 3.63) is 77.4 Å². The summed E-state index contributed by atoms with van der Waals surface area (Å²) in [5, 5.41) is 1.33. The maximum Gasteiger partial charge on any atom is 0.277 e. The highest BCUT2D eigenvalue weighted by Gasteiger charge is 2.17. The molecule has 5 nitrogen and oxygen atoms in total. The minimum Gasteiger partial charge on any atom is -0.370 e. The lowest BCUT2D eigenvalue weighted by atomic mass is 10.1. The number of primary amides is 1. The quantitative estimate of drug-likeness (QED) is 0.241. The summed E-state index contributed by atoms with van der Waals surface area (Å²) in [5.41, 5.74) is 7.84. The summed E-state index contributed by atoms with van der Waals surface area (Å²) in [7, 11) is 0. The van der Waals surface area contributed by atoms with Crippen LogP contribution >= 0.6 is 0 Å². The molecular formula is C28H38N2O3. The Morgan fingerprint density at radius 2 is 1.61 bits per heavy atom. The fraction of sp³-hybridized carbons (Fsp3) is 0.429. The van der Waals surface area contributed by atoms with Gasteiger partial charge < -0.3 is 5.73 Å². The van der Waals surface area contributed by atoms with Gasteiger partial charge in [0.15, 0.2) is 0 Å². The number of hydrogen-bond donors (Lipinski definition) is 1. The molecule has 5 heteroatoms. The number of allylic oxidation sites excluding steroid dienone is 1.